The number of benzene rings is 2. The first-order valence-electron chi connectivity index (χ1n) is 10.0. The molecule has 31 heavy (non-hydrogen) atoms. The van der Waals surface area contributed by atoms with Crippen molar-refractivity contribution in [1.82, 2.24) is 16.0 Å². The van der Waals surface area contributed by atoms with Crippen LogP contribution in [-0.4, -0.2) is 41.6 Å². The summed E-state index contributed by atoms with van der Waals surface area (Å²) >= 11 is 1.22. The normalized spacial score (nSPS) is 18.2. The number of amides is 3. The lowest BCUT2D eigenvalue weighted by Crippen LogP contribution is -2.56. The summed E-state index contributed by atoms with van der Waals surface area (Å²) in [6.45, 7) is 0.531. The number of carbonyl (C=O) groups is 3. The summed E-state index contributed by atoms with van der Waals surface area (Å²) < 4.78 is 12.9. The van der Waals surface area contributed by atoms with Gasteiger partial charge < -0.3 is 16.0 Å². The van der Waals surface area contributed by atoms with E-state index in [2.05, 4.69) is 21.3 Å². The number of rotatable bonds is 9. The Bertz CT molecular complexity index is 895. The molecule has 1 fully saturated rings. The van der Waals surface area contributed by atoms with E-state index in [1.54, 1.807) is 0 Å². The smallest absolute Gasteiger partial charge is 0.234 e. The molecule has 0 aliphatic carbocycles. The van der Waals surface area contributed by atoms with Crippen molar-refractivity contribution in [2.24, 2.45) is 0 Å². The molecule has 3 amide bonds. The Kier molecular flexibility index (Phi) is 8.43. The quantitative estimate of drug-likeness (QED) is 0.474. The number of nitrogens with one attached hydrogen (secondary N) is 4. The van der Waals surface area contributed by atoms with E-state index in [9.17, 15) is 18.8 Å². The lowest BCUT2D eigenvalue weighted by molar-refractivity contribution is -0.125. The molecule has 2 aromatic carbocycles. The predicted molar refractivity (Wildman–Crippen MR) is 119 cm³/mol. The van der Waals surface area contributed by atoms with E-state index in [1.807, 2.05) is 30.3 Å². The highest BCUT2D eigenvalue weighted by molar-refractivity contribution is 8.00. The van der Waals surface area contributed by atoms with Crippen LogP contribution in [0.4, 0.5) is 10.1 Å². The van der Waals surface area contributed by atoms with Crippen molar-refractivity contribution in [3.05, 3.63) is 66.0 Å². The number of hydrogen-bond donors (Lipinski definition) is 4. The van der Waals surface area contributed by atoms with Crippen molar-refractivity contribution in [3.63, 3.8) is 0 Å². The molecule has 2 atom stereocenters. The van der Waals surface area contributed by atoms with Crippen LogP contribution >= 0.6 is 11.8 Å². The van der Waals surface area contributed by atoms with Gasteiger partial charge in [-0.2, -0.15) is 0 Å². The third-order valence-corrected chi connectivity index (χ3v) is 5.65. The van der Waals surface area contributed by atoms with E-state index in [0.717, 1.165) is 12.0 Å². The molecular weight excluding hydrogens is 419 g/mol. The third-order valence-electron chi connectivity index (χ3n) is 4.63. The van der Waals surface area contributed by atoms with Crippen molar-refractivity contribution in [2.75, 3.05) is 17.6 Å². The van der Waals surface area contributed by atoms with Crippen LogP contribution < -0.4 is 21.3 Å². The molecule has 1 heterocycles. The number of carbonyl (C=O) groups excluding carboxylic acids is 3. The molecule has 0 spiro atoms. The molecule has 2 unspecified atom stereocenters. The van der Waals surface area contributed by atoms with Gasteiger partial charge >= 0.3 is 0 Å². The van der Waals surface area contributed by atoms with Crippen LogP contribution in [0.2, 0.25) is 0 Å². The van der Waals surface area contributed by atoms with Crippen molar-refractivity contribution < 1.29 is 18.8 Å². The molecule has 1 aliphatic heterocycles. The fourth-order valence-electron chi connectivity index (χ4n) is 3.14. The molecular formula is C22H25FN4O3S. The molecule has 9 heteroatoms. The van der Waals surface area contributed by atoms with Crippen LogP contribution in [-0.2, 0) is 20.8 Å². The number of hydrogen-bond acceptors (Lipinski definition) is 5. The summed E-state index contributed by atoms with van der Waals surface area (Å²) in [5, 5.41) is 11.5. The fraction of sp³-hybridized carbons (Fsp3) is 0.318. The lowest BCUT2D eigenvalue weighted by atomic mass is 10.1. The highest BCUT2D eigenvalue weighted by atomic mass is 32.2. The van der Waals surface area contributed by atoms with Crippen molar-refractivity contribution >= 4 is 35.2 Å². The van der Waals surface area contributed by atoms with Gasteiger partial charge in [0.2, 0.25) is 17.7 Å². The van der Waals surface area contributed by atoms with Gasteiger partial charge in [0, 0.05) is 31.1 Å². The van der Waals surface area contributed by atoms with Gasteiger partial charge in [-0.3, -0.25) is 19.7 Å². The van der Waals surface area contributed by atoms with E-state index in [4.69, 9.17) is 0 Å². The van der Waals surface area contributed by atoms with Crippen LogP contribution in [0.1, 0.15) is 18.4 Å². The van der Waals surface area contributed by atoms with E-state index in [-0.39, 0.29) is 48.2 Å². The first-order valence-corrected chi connectivity index (χ1v) is 11.1. The van der Waals surface area contributed by atoms with Crippen molar-refractivity contribution in [2.45, 2.75) is 30.8 Å². The first kappa shape index (κ1) is 22.8. The van der Waals surface area contributed by atoms with E-state index in [0.29, 0.717) is 12.2 Å². The maximum Gasteiger partial charge on any atom is 0.234 e. The summed E-state index contributed by atoms with van der Waals surface area (Å²) in [6, 6.07) is 15.1. The average molecular weight is 445 g/mol. The van der Waals surface area contributed by atoms with Crippen LogP contribution in [0.15, 0.2) is 54.6 Å². The minimum Gasteiger partial charge on any atom is -0.356 e. The highest BCUT2D eigenvalue weighted by Crippen LogP contribution is 2.15. The Morgan fingerprint density at radius 3 is 2.55 bits per heavy atom. The Balaban J connectivity index is 1.38. The van der Waals surface area contributed by atoms with Gasteiger partial charge in [0.05, 0.1) is 5.75 Å². The number of anilines is 1. The van der Waals surface area contributed by atoms with Gasteiger partial charge in [-0.1, -0.05) is 30.3 Å². The second-order valence-electron chi connectivity index (χ2n) is 7.17. The molecule has 1 saturated heterocycles. The monoisotopic (exact) mass is 444 g/mol. The second-order valence-corrected chi connectivity index (χ2v) is 8.26. The third kappa shape index (κ3) is 8.03. The highest BCUT2D eigenvalue weighted by Gasteiger charge is 2.28. The maximum absolute atomic E-state index is 12.9. The molecule has 4 N–H and O–H groups in total. The largest absolute Gasteiger partial charge is 0.356 e. The first-order chi connectivity index (χ1) is 15.0. The average Bonchev–Trinajstić information content (AvgIpc) is 2.74. The number of thioether (sulfide) groups is 1. The van der Waals surface area contributed by atoms with Crippen molar-refractivity contribution in [1.29, 1.82) is 0 Å². The van der Waals surface area contributed by atoms with Crippen molar-refractivity contribution in [3.8, 4) is 0 Å². The molecule has 1 aliphatic rings. The Morgan fingerprint density at radius 2 is 1.81 bits per heavy atom. The van der Waals surface area contributed by atoms with Gasteiger partial charge in [0.25, 0.3) is 0 Å². The van der Waals surface area contributed by atoms with Gasteiger partial charge in [0.1, 0.15) is 11.3 Å². The van der Waals surface area contributed by atoms with Crippen LogP contribution in [0.5, 0.6) is 0 Å². The van der Waals surface area contributed by atoms with Crippen LogP contribution in [0.3, 0.4) is 0 Å². The van der Waals surface area contributed by atoms with Crippen LogP contribution in [0.25, 0.3) is 0 Å². The fourth-order valence-corrected chi connectivity index (χ4v) is 4.03. The second kappa shape index (κ2) is 11.5. The SMILES string of the molecule is O=C(CC1CC(=O)NC(SCC(=O)Nc2ccc(F)cc2)N1)NCCc1ccccc1. The van der Waals surface area contributed by atoms with Gasteiger partial charge in [-0.15, -0.1) is 11.8 Å². The molecule has 7 nitrogen and oxygen atoms in total. The summed E-state index contributed by atoms with van der Waals surface area (Å²) in [6.07, 6.45) is 1.12. The zero-order valence-electron chi connectivity index (χ0n) is 16.9. The summed E-state index contributed by atoms with van der Waals surface area (Å²) in [5.74, 6) is -0.853. The van der Waals surface area contributed by atoms with E-state index in [1.165, 1.54) is 36.0 Å². The Labute approximate surface area is 184 Å². The minimum atomic E-state index is -0.470. The molecule has 2 aromatic rings. The molecule has 0 bridgehead atoms. The van der Waals surface area contributed by atoms with Gasteiger partial charge in [0.15, 0.2) is 0 Å². The zero-order chi connectivity index (χ0) is 22.1. The van der Waals surface area contributed by atoms with E-state index >= 15 is 0 Å². The maximum atomic E-state index is 12.9. The lowest BCUT2D eigenvalue weighted by Gasteiger charge is -2.30. The molecule has 3 rings (SSSR count). The topological polar surface area (TPSA) is 99.3 Å². The van der Waals surface area contributed by atoms with Gasteiger partial charge in [-0.05, 0) is 36.2 Å². The summed E-state index contributed by atoms with van der Waals surface area (Å²) in [5.41, 5.74) is 1.17. The standard InChI is InChI=1S/C22H25FN4O3S/c23-16-6-8-17(9-7-16)25-21(30)14-31-22-26-18(13-20(29)27-22)12-19(28)24-11-10-15-4-2-1-3-5-15/h1-9,18,22,26H,10-14H2,(H,24,28)(H,25,30)(H,27,29). The molecule has 164 valence electrons. The zero-order valence-corrected chi connectivity index (χ0v) is 17.7. The minimum absolute atomic E-state index is 0.0886. The number of halogens is 1. The Hall–Kier alpha value is -2.91. The molecule has 0 aromatic heterocycles. The van der Waals surface area contributed by atoms with E-state index < -0.39 is 5.50 Å². The Morgan fingerprint density at radius 1 is 1.06 bits per heavy atom. The predicted octanol–water partition coefficient (Wildman–Crippen LogP) is 2.01. The molecule has 0 radical (unpaired) electrons. The summed E-state index contributed by atoms with van der Waals surface area (Å²) in [7, 11) is 0. The van der Waals surface area contributed by atoms with Crippen LogP contribution in [0, 0.1) is 5.82 Å². The molecule has 0 saturated carbocycles. The van der Waals surface area contributed by atoms with Gasteiger partial charge in [-0.25, -0.2) is 4.39 Å². The summed E-state index contributed by atoms with van der Waals surface area (Å²) in [4.78, 5) is 36.3.